The first-order valence-electron chi connectivity index (χ1n) is 13.5. The van der Waals surface area contributed by atoms with E-state index in [1.165, 1.54) is 17.0 Å². The van der Waals surface area contributed by atoms with Gasteiger partial charge in [-0.15, -0.1) is 0 Å². The van der Waals surface area contributed by atoms with Gasteiger partial charge in [0.2, 0.25) is 11.8 Å². The Morgan fingerprint density at radius 3 is 2.20 bits per heavy atom. The Morgan fingerprint density at radius 2 is 1.60 bits per heavy atom. The van der Waals surface area contributed by atoms with Crippen molar-refractivity contribution in [3.05, 3.63) is 94.5 Å². The number of hydrogen-bond donors (Lipinski definition) is 1. The van der Waals surface area contributed by atoms with E-state index in [2.05, 4.69) is 5.32 Å². The summed E-state index contributed by atoms with van der Waals surface area (Å²) < 4.78 is 28.8. The molecule has 3 aromatic rings. The lowest BCUT2D eigenvalue weighted by atomic mass is 10.1. The lowest BCUT2D eigenvalue weighted by Gasteiger charge is -2.33. The summed E-state index contributed by atoms with van der Waals surface area (Å²) in [5.74, 6) is -0.735. The Labute approximate surface area is 243 Å². The minimum absolute atomic E-state index is 0.0652. The van der Waals surface area contributed by atoms with E-state index in [-0.39, 0.29) is 17.3 Å². The summed E-state index contributed by atoms with van der Waals surface area (Å²) in [6.45, 7) is 7.91. The normalized spacial score (nSPS) is 12.0. The zero-order valence-corrected chi connectivity index (χ0v) is 25.1. The average molecular weight is 584 g/mol. The maximum Gasteiger partial charge on any atom is 0.264 e. The minimum atomic E-state index is -4.12. The molecule has 2 amide bonds. The van der Waals surface area contributed by atoms with Gasteiger partial charge in [0, 0.05) is 18.1 Å². The van der Waals surface area contributed by atoms with Crippen LogP contribution >= 0.6 is 11.6 Å². The fraction of sp³-hybridized carbons (Fsp3) is 0.355. The fourth-order valence-corrected chi connectivity index (χ4v) is 5.95. The van der Waals surface area contributed by atoms with Crippen LogP contribution in [0.4, 0.5) is 5.69 Å². The molecule has 0 aliphatic carbocycles. The third-order valence-corrected chi connectivity index (χ3v) is 8.69. The van der Waals surface area contributed by atoms with Crippen molar-refractivity contribution in [1.82, 2.24) is 10.2 Å². The molecule has 7 nitrogen and oxygen atoms in total. The number of benzene rings is 3. The zero-order chi connectivity index (χ0) is 29.3. The van der Waals surface area contributed by atoms with Crippen LogP contribution in [0.15, 0.2) is 77.7 Å². The molecule has 0 aromatic heterocycles. The van der Waals surface area contributed by atoms with Crippen LogP contribution in [-0.2, 0) is 26.2 Å². The first-order chi connectivity index (χ1) is 19.1. The standard InChI is InChI=1S/C31H38ClN3O4S/c1-5-7-19-33-31(37)29(6-2)34(21-25-10-8-9-24(4)20-25)30(36)22-35(27-15-13-26(32)14-16-27)40(38,39)28-17-11-23(3)12-18-28/h8-18,20,29H,5-7,19,21-22H2,1-4H3,(H,33,37). The smallest absolute Gasteiger partial charge is 0.264 e. The second-order valence-corrected chi connectivity index (χ2v) is 12.2. The number of halogens is 1. The lowest BCUT2D eigenvalue weighted by Crippen LogP contribution is -2.52. The third kappa shape index (κ3) is 8.08. The Hall–Kier alpha value is -3.36. The molecule has 1 N–H and O–H groups in total. The summed E-state index contributed by atoms with van der Waals surface area (Å²) in [6, 6.07) is 19.7. The van der Waals surface area contributed by atoms with E-state index in [9.17, 15) is 18.0 Å². The molecule has 0 aliphatic rings. The van der Waals surface area contributed by atoms with E-state index in [1.54, 1.807) is 36.4 Å². The number of carbonyl (C=O) groups excluding carboxylic acids is 2. The van der Waals surface area contributed by atoms with Crippen LogP contribution in [0.2, 0.25) is 5.02 Å². The van der Waals surface area contributed by atoms with Gasteiger partial charge in [0.05, 0.1) is 10.6 Å². The molecule has 1 atom stereocenters. The second-order valence-electron chi connectivity index (χ2n) is 9.88. The molecule has 0 saturated heterocycles. The van der Waals surface area contributed by atoms with Gasteiger partial charge in [-0.05, 0) is 68.7 Å². The van der Waals surface area contributed by atoms with Crippen LogP contribution in [0.3, 0.4) is 0 Å². The van der Waals surface area contributed by atoms with Crippen LogP contribution in [0.25, 0.3) is 0 Å². The average Bonchev–Trinajstić information content (AvgIpc) is 2.92. The molecule has 214 valence electrons. The van der Waals surface area contributed by atoms with Crippen molar-refractivity contribution in [2.24, 2.45) is 0 Å². The Balaban J connectivity index is 2.03. The van der Waals surface area contributed by atoms with Crippen LogP contribution in [-0.4, -0.2) is 44.3 Å². The van der Waals surface area contributed by atoms with Gasteiger partial charge in [-0.2, -0.15) is 0 Å². The molecule has 0 heterocycles. The summed E-state index contributed by atoms with van der Waals surface area (Å²) in [7, 11) is -4.12. The Bertz CT molecular complexity index is 1390. The van der Waals surface area contributed by atoms with Crippen molar-refractivity contribution in [3.63, 3.8) is 0 Å². The Morgan fingerprint density at radius 1 is 0.925 bits per heavy atom. The highest BCUT2D eigenvalue weighted by Gasteiger charge is 2.33. The minimum Gasteiger partial charge on any atom is -0.354 e. The highest BCUT2D eigenvalue weighted by Crippen LogP contribution is 2.26. The van der Waals surface area contributed by atoms with Crippen LogP contribution in [0, 0.1) is 13.8 Å². The van der Waals surface area contributed by atoms with Crippen molar-refractivity contribution >= 4 is 39.1 Å². The highest BCUT2D eigenvalue weighted by molar-refractivity contribution is 7.92. The molecular formula is C31H38ClN3O4S. The quantitative estimate of drug-likeness (QED) is 0.255. The van der Waals surface area contributed by atoms with Crippen LogP contribution < -0.4 is 9.62 Å². The van der Waals surface area contributed by atoms with Gasteiger partial charge in [0.1, 0.15) is 12.6 Å². The van der Waals surface area contributed by atoms with Crippen molar-refractivity contribution < 1.29 is 18.0 Å². The zero-order valence-electron chi connectivity index (χ0n) is 23.6. The van der Waals surface area contributed by atoms with Gasteiger partial charge in [0.25, 0.3) is 10.0 Å². The number of carbonyl (C=O) groups is 2. The summed E-state index contributed by atoms with van der Waals surface area (Å²) in [5.41, 5.74) is 3.09. The topological polar surface area (TPSA) is 86.8 Å². The molecule has 40 heavy (non-hydrogen) atoms. The van der Waals surface area contributed by atoms with Crippen LogP contribution in [0.5, 0.6) is 0 Å². The largest absolute Gasteiger partial charge is 0.354 e. The number of aryl methyl sites for hydroxylation is 2. The second kappa shape index (κ2) is 14.3. The van der Waals surface area contributed by atoms with Crippen molar-refractivity contribution in [2.75, 3.05) is 17.4 Å². The maximum absolute atomic E-state index is 14.1. The van der Waals surface area contributed by atoms with E-state index in [0.717, 1.165) is 33.8 Å². The molecule has 0 radical (unpaired) electrons. The van der Waals surface area contributed by atoms with E-state index in [1.807, 2.05) is 52.0 Å². The van der Waals surface area contributed by atoms with Crippen molar-refractivity contribution in [1.29, 1.82) is 0 Å². The van der Waals surface area contributed by atoms with Gasteiger partial charge in [-0.25, -0.2) is 8.42 Å². The molecule has 3 rings (SSSR count). The number of anilines is 1. The number of nitrogens with one attached hydrogen (secondary N) is 1. The SMILES string of the molecule is CCCCNC(=O)C(CC)N(Cc1cccc(C)c1)C(=O)CN(c1ccc(Cl)cc1)S(=O)(=O)c1ccc(C)cc1. The first kappa shape index (κ1) is 31.2. The molecule has 0 bridgehead atoms. The molecule has 1 unspecified atom stereocenters. The van der Waals surface area contributed by atoms with Gasteiger partial charge in [0.15, 0.2) is 0 Å². The number of unbranched alkanes of at least 4 members (excludes halogenated alkanes) is 1. The predicted octanol–water partition coefficient (Wildman–Crippen LogP) is 5.88. The van der Waals surface area contributed by atoms with Crippen LogP contribution in [0.1, 0.15) is 49.8 Å². The summed E-state index contributed by atoms with van der Waals surface area (Å²) in [5, 5.41) is 3.38. The van der Waals surface area contributed by atoms with Gasteiger partial charge < -0.3 is 10.2 Å². The summed E-state index contributed by atoms with van der Waals surface area (Å²) >= 11 is 6.08. The Kier molecular flexibility index (Phi) is 11.2. The van der Waals surface area contributed by atoms with E-state index in [4.69, 9.17) is 11.6 Å². The summed E-state index contributed by atoms with van der Waals surface area (Å²) in [4.78, 5) is 28.9. The summed E-state index contributed by atoms with van der Waals surface area (Å²) in [6.07, 6.45) is 2.13. The molecule has 0 aliphatic heterocycles. The molecular weight excluding hydrogens is 546 g/mol. The van der Waals surface area contributed by atoms with Gasteiger partial charge in [-0.1, -0.05) is 79.4 Å². The van der Waals surface area contributed by atoms with Gasteiger partial charge >= 0.3 is 0 Å². The molecule has 0 fully saturated rings. The fourth-order valence-electron chi connectivity index (χ4n) is 4.41. The number of hydrogen-bond acceptors (Lipinski definition) is 4. The van der Waals surface area contributed by atoms with E-state index in [0.29, 0.717) is 23.7 Å². The molecule has 0 spiro atoms. The van der Waals surface area contributed by atoms with E-state index >= 15 is 0 Å². The number of amides is 2. The molecule has 9 heteroatoms. The maximum atomic E-state index is 14.1. The lowest BCUT2D eigenvalue weighted by molar-refractivity contribution is -0.140. The van der Waals surface area contributed by atoms with Crippen molar-refractivity contribution in [2.45, 2.75) is 64.4 Å². The number of nitrogens with zero attached hydrogens (tertiary/aromatic N) is 2. The molecule has 3 aromatic carbocycles. The first-order valence-corrected chi connectivity index (χ1v) is 15.4. The highest BCUT2D eigenvalue weighted by atomic mass is 35.5. The van der Waals surface area contributed by atoms with Crippen molar-refractivity contribution in [3.8, 4) is 0 Å². The van der Waals surface area contributed by atoms with E-state index < -0.39 is 28.5 Å². The third-order valence-electron chi connectivity index (χ3n) is 6.65. The number of sulfonamides is 1. The van der Waals surface area contributed by atoms with Gasteiger partial charge in [-0.3, -0.25) is 13.9 Å². The monoisotopic (exact) mass is 583 g/mol. The molecule has 0 saturated carbocycles. The predicted molar refractivity (Wildman–Crippen MR) is 161 cm³/mol. The number of rotatable bonds is 13.